The van der Waals surface area contributed by atoms with Crippen molar-refractivity contribution in [3.8, 4) is 22.3 Å². The minimum Gasteiger partial charge on any atom is -0.358 e. The van der Waals surface area contributed by atoms with Gasteiger partial charge in [-0.15, -0.1) is 68.3 Å². The Kier molecular flexibility index (Phi) is 15.9. The molecule has 0 radical (unpaired) electrons. The summed E-state index contributed by atoms with van der Waals surface area (Å²) < 4.78 is 0. The van der Waals surface area contributed by atoms with E-state index in [1.807, 2.05) is 0 Å². The molecule has 0 unspecified atom stereocenters. The second-order valence-corrected chi connectivity index (χ2v) is 45.5. The van der Waals surface area contributed by atoms with Crippen LogP contribution in [0.15, 0.2) is 97.1 Å². The smallest absolute Gasteiger partial charge is 0.358 e. The maximum absolute atomic E-state index is 2.69. The molecular weight excluding hydrogens is 931 g/mol. The predicted molar refractivity (Wildman–Crippen MR) is 275 cm³/mol. The Hall–Kier alpha value is -1.95. The van der Waals surface area contributed by atoms with E-state index in [9.17, 15) is 0 Å². The van der Waals surface area contributed by atoms with Gasteiger partial charge in [0.05, 0.1) is 40.4 Å². The van der Waals surface area contributed by atoms with Gasteiger partial charge in [-0.05, 0) is 11.1 Å². The van der Waals surface area contributed by atoms with Gasteiger partial charge >= 0.3 is 25.8 Å². The summed E-state index contributed by atoms with van der Waals surface area (Å²) in [6.45, 7) is 35.0. The zero-order valence-corrected chi connectivity index (χ0v) is 47.4. The molecule has 302 valence electrons. The molecule has 57 heavy (non-hydrogen) atoms. The van der Waals surface area contributed by atoms with Crippen molar-refractivity contribution < 1.29 is 25.8 Å². The molecule has 6 rings (SSSR count). The fourth-order valence-electron chi connectivity index (χ4n) is 8.27. The summed E-state index contributed by atoms with van der Waals surface area (Å²) in [7, 11) is -8.12. The van der Waals surface area contributed by atoms with Crippen molar-refractivity contribution in [1.29, 1.82) is 0 Å². The summed E-state index contributed by atoms with van der Waals surface area (Å²) in [6, 6.07) is 41.3. The molecule has 0 saturated heterocycles. The standard InChI is InChI=1S/C49H68Si5.2CH3.Hf/c1-15-16-17-18-25-54(14,44-26-36-21-19-23-46(48(36)34-44)38-28-40(50(2,3)4)32-41(29-38)51(5,6)7)45-27-37-22-20-24-47(49(37)35-45)39-30-42(52(8,9)10)33-43(31-39)53(11,12)13;;;/h19-24,26-35H,15-18,25H2,1-14H3;2*1H3;/q-2;2*-1;+4. The van der Waals surface area contributed by atoms with Gasteiger partial charge in [0.25, 0.3) is 0 Å². The number of hydrogen-bond donors (Lipinski definition) is 0. The van der Waals surface area contributed by atoms with Crippen molar-refractivity contribution in [2.75, 3.05) is 0 Å². The number of rotatable bonds is 13. The molecule has 0 aliphatic rings. The van der Waals surface area contributed by atoms with E-state index in [-0.39, 0.29) is 40.7 Å². The van der Waals surface area contributed by atoms with E-state index in [1.165, 1.54) is 75.5 Å². The van der Waals surface area contributed by atoms with Gasteiger partial charge in [0, 0.05) is 0 Å². The molecule has 0 saturated carbocycles. The van der Waals surface area contributed by atoms with Crippen molar-refractivity contribution in [1.82, 2.24) is 0 Å². The van der Waals surface area contributed by atoms with Crippen molar-refractivity contribution in [2.45, 2.75) is 124 Å². The van der Waals surface area contributed by atoms with E-state index in [2.05, 4.69) is 189 Å². The SMILES string of the molecule is CCCCCC[Si](C)(c1cc2c(-c3cc([Si](C)(C)C)cc([Si](C)(C)C)c3)cccc2[cH-]1)c1cc2c(-c3cc([Si](C)(C)C)cc([Si](C)(C)C)c3)cccc2[cH-]1.[CH3-].[CH3-].[Hf+4]. The molecule has 0 aromatic heterocycles. The monoisotopic (exact) mass is 1010 g/mol. The first kappa shape index (κ1) is 49.4. The predicted octanol–water partition coefficient (Wildman–Crippen LogP) is 12.6. The second kappa shape index (κ2) is 18.4. The van der Waals surface area contributed by atoms with E-state index >= 15 is 0 Å². The molecule has 0 fully saturated rings. The minimum atomic E-state index is -2.10. The normalized spacial score (nSPS) is 12.7. The molecular formula is C51H74HfSi5. The molecule has 0 aliphatic carbocycles. The maximum Gasteiger partial charge on any atom is 4.00 e. The molecule has 0 atom stereocenters. The Morgan fingerprint density at radius 3 is 1.11 bits per heavy atom. The Balaban J connectivity index is 0.00000290. The van der Waals surface area contributed by atoms with Crippen LogP contribution in [0.4, 0.5) is 0 Å². The first-order valence-electron chi connectivity index (χ1n) is 20.8. The molecule has 0 nitrogen and oxygen atoms in total. The van der Waals surface area contributed by atoms with Crippen LogP contribution in [-0.4, -0.2) is 40.4 Å². The zero-order valence-electron chi connectivity index (χ0n) is 38.8. The summed E-state index contributed by atoms with van der Waals surface area (Å²) in [5.41, 5.74) is 5.67. The van der Waals surface area contributed by atoms with E-state index in [0.717, 1.165) is 0 Å². The van der Waals surface area contributed by atoms with Gasteiger partial charge in [-0.1, -0.05) is 204 Å². The van der Waals surface area contributed by atoms with Gasteiger partial charge in [0.15, 0.2) is 0 Å². The molecule has 0 N–H and O–H groups in total. The van der Waals surface area contributed by atoms with Crippen LogP contribution in [0.2, 0.25) is 91.2 Å². The van der Waals surface area contributed by atoms with E-state index in [4.69, 9.17) is 0 Å². The first-order valence-corrected chi connectivity index (χ1v) is 37.5. The Morgan fingerprint density at radius 1 is 0.439 bits per heavy atom. The first-order chi connectivity index (χ1) is 25.1. The van der Waals surface area contributed by atoms with Crippen LogP contribution in [0.25, 0.3) is 43.8 Å². The average molecular weight is 1010 g/mol. The average Bonchev–Trinajstić information content (AvgIpc) is 3.74. The van der Waals surface area contributed by atoms with Gasteiger partial charge in [0.2, 0.25) is 0 Å². The third-order valence-corrected chi connectivity index (χ3v) is 24.8. The largest absolute Gasteiger partial charge is 4.00 e. The zero-order chi connectivity index (χ0) is 39.4. The van der Waals surface area contributed by atoms with Gasteiger partial charge in [0.1, 0.15) is 0 Å². The molecule has 6 heteroatoms. The van der Waals surface area contributed by atoms with Crippen LogP contribution in [0.3, 0.4) is 0 Å². The second-order valence-electron chi connectivity index (χ2n) is 20.8. The van der Waals surface area contributed by atoms with Gasteiger partial charge in [-0.3, -0.25) is 0 Å². The molecule has 0 aliphatic heterocycles. The van der Waals surface area contributed by atoms with Crippen LogP contribution >= 0.6 is 0 Å². The Morgan fingerprint density at radius 2 is 0.789 bits per heavy atom. The van der Waals surface area contributed by atoms with Gasteiger partial charge in [-0.2, -0.15) is 12.1 Å². The molecule has 0 amide bonds. The Labute approximate surface area is 373 Å². The van der Waals surface area contributed by atoms with Crippen molar-refractivity contribution in [2.24, 2.45) is 0 Å². The van der Waals surface area contributed by atoms with Crippen LogP contribution in [-0.2, 0) is 25.8 Å². The number of benzene rings is 4. The molecule has 0 bridgehead atoms. The van der Waals surface area contributed by atoms with Crippen molar-refractivity contribution in [3.05, 3.63) is 112 Å². The number of fused-ring (bicyclic) bond motifs is 2. The van der Waals surface area contributed by atoms with E-state index in [1.54, 1.807) is 31.1 Å². The molecule has 6 aromatic rings. The molecule has 6 aromatic carbocycles. The summed E-state index contributed by atoms with van der Waals surface area (Å²) in [5.74, 6) is 0. The summed E-state index contributed by atoms with van der Waals surface area (Å²) in [4.78, 5) is 0. The van der Waals surface area contributed by atoms with Crippen LogP contribution in [0, 0.1) is 14.9 Å². The van der Waals surface area contributed by atoms with Crippen molar-refractivity contribution in [3.63, 3.8) is 0 Å². The third kappa shape index (κ3) is 10.7. The summed E-state index contributed by atoms with van der Waals surface area (Å²) in [6.07, 6.45) is 5.22. The van der Waals surface area contributed by atoms with Crippen molar-refractivity contribution >= 4 is 93.0 Å². The fraction of sp³-hybridized carbons (Fsp3) is 0.373. The van der Waals surface area contributed by atoms with Crippen LogP contribution < -0.4 is 31.1 Å². The maximum atomic E-state index is 2.69. The Bertz CT molecular complexity index is 2060. The third-order valence-electron chi connectivity index (χ3n) is 12.3. The number of hydrogen-bond acceptors (Lipinski definition) is 0. The van der Waals surface area contributed by atoms with E-state index < -0.39 is 40.4 Å². The summed E-state index contributed by atoms with van der Waals surface area (Å²) in [5, 5.41) is 15.2. The van der Waals surface area contributed by atoms with Crippen LogP contribution in [0.1, 0.15) is 32.6 Å². The minimum absolute atomic E-state index is 0. The summed E-state index contributed by atoms with van der Waals surface area (Å²) >= 11 is 0. The van der Waals surface area contributed by atoms with E-state index in [0.29, 0.717) is 0 Å². The number of unbranched alkanes of at least 4 members (excludes halogenated alkanes) is 3. The molecule has 0 spiro atoms. The topological polar surface area (TPSA) is 0 Å². The van der Waals surface area contributed by atoms with Crippen LogP contribution in [0.5, 0.6) is 0 Å². The van der Waals surface area contributed by atoms with Gasteiger partial charge < -0.3 is 14.9 Å². The van der Waals surface area contributed by atoms with Gasteiger partial charge in [-0.25, -0.2) is 0 Å². The fourth-order valence-corrected chi connectivity index (χ4v) is 17.0. The quantitative estimate of drug-likeness (QED) is 0.0614. The molecule has 0 heterocycles.